The molecule has 0 fully saturated rings. The fraction of sp³-hybridized carbons (Fsp3) is 0.917. The molecule has 0 aliphatic heterocycles. The van der Waals surface area contributed by atoms with Crippen LogP contribution in [0, 0.1) is 5.92 Å². The van der Waals surface area contributed by atoms with Gasteiger partial charge in [-0.25, -0.2) is 0 Å². The molecule has 0 heterocycles. The van der Waals surface area contributed by atoms with Gasteiger partial charge in [0, 0.05) is 0 Å². The molecule has 0 aliphatic rings. The molecule has 14 heavy (non-hydrogen) atoms. The summed E-state index contributed by atoms with van der Waals surface area (Å²) in [6, 6.07) is 0. The lowest BCUT2D eigenvalue weighted by Gasteiger charge is -2.10. The number of hydrogen-bond acceptors (Lipinski definition) is 2. The highest BCUT2D eigenvalue weighted by Gasteiger charge is 2.15. The molecular weight excluding hydrogens is 176 g/mol. The maximum absolute atomic E-state index is 11.3. The standard InChI is InChI=1S/C12H24O2/c1-3-5-7-8-10-11(12(13)14)9-6-4-2/h11H,3-10H2,1-2H3,(H,13,14)/i/hD. The first kappa shape index (κ1) is 11.5. The average molecular weight is 201 g/mol. The highest BCUT2D eigenvalue weighted by molar-refractivity contribution is 5.69. The van der Waals surface area contributed by atoms with E-state index in [2.05, 4.69) is 19.0 Å². The second-order valence-electron chi connectivity index (χ2n) is 4.01. The van der Waals surface area contributed by atoms with Crippen LogP contribution in [-0.4, -0.2) is 11.1 Å². The van der Waals surface area contributed by atoms with Gasteiger partial charge >= 0.3 is 5.97 Å². The van der Waals surface area contributed by atoms with E-state index in [1.807, 2.05) is 0 Å². The molecule has 0 bridgehead atoms. The Labute approximate surface area is 89.2 Å². The molecule has 0 aromatic rings. The number of unbranched alkanes of at least 4 members (excludes halogenated alkanes) is 4. The van der Waals surface area contributed by atoms with Crippen molar-refractivity contribution in [2.75, 3.05) is 0 Å². The first-order chi connectivity index (χ1) is 7.26. The average Bonchev–Trinajstić information content (AvgIpc) is 2.27. The predicted molar refractivity (Wildman–Crippen MR) is 59.4 cm³/mol. The van der Waals surface area contributed by atoms with Crippen LogP contribution < -0.4 is 0 Å². The monoisotopic (exact) mass is 201 g/mol. The maximum Gasteiger partial charge on any atom is 0.306 e. The molecule has 0 aliphatic carbocycles. The molecule has 1 atom stereocenters. The number of carboxylic acid groups (broad SMARTS) is 1. The van der Waals surface area contributed by atoms with Crippen LogP contribution in [0.4, 0.5) is 0 Å². The van der Waals surface area contributed by atoms with E-state index in [1.54, 1.807) is 0 Å². The zero-order chi connectivity index (χ0) is 11.5. The maximum atomic E-state index is 11.3. The van der Waals surface area contributed by atoms with Crippen LogP contribution in [0.5, 0.6) is 0 Å². The molecule has 0 spiro atoms. The molecule has 0 amide bonds. The summed E-state index contributed by atoms with van der Waals surface area (Å²) in [5, 5.41) is 4.08. The molecule has 1 N–H and O–H groups in total. The van der Waals surface area contributed by atoms with Gasteiger partial charge in [0.1, 0.15) is 0 Å². The molecule has 0 saturated heterocycles. The summed E-state index contributed by atoms with van der Waals surface area (Å²) in [4.78, 5) is 11.3. The topological polar surface area (TPSA) is 37.3 Å². The highest BCUT2D eigenvalue weighted by Crippen LogP contribution is 2.17. The van der Waals surface area contributed by atoms with E-state index in [9.17, 15) is 4.79 Å². The lowest BCUT2D eigenvalue weighted by Crippen LogP contribution is -2.13. The SMILES string of the molecule is [2H]OC(=O)C(CCCC)CCCCCC. The van der Waals surface area contributed by atoms with Gasteiger partial charge in [0.25, 0.3) is 1.43 Å². The number of rotatable bonds is 9. The van der Waals surface area contributed by atoms with Gasteiger partial charge in [0.05, 0.1) is 5.92 Å². The van der Waals surface area contributed by atoms with E-state index in [4.69, 9.17) is 1.43 Å². The fourth-order valence-electron chi connectivity index (χ4n) is 1.65. The molecular formula is C12H24O2. The van der Waals surface area contributed by atoms with Crippen molar-refractivity contribution >= 4 is 5.97 Å². The van der Waals surface area contributed by atoms with E-state index >= 15 is 0 Å². The van der Waals surface area contributed by atoms with E-state index in [0.29, 0.717) is 0 Å². The summed E-state index contributed by atoms with van der Waals surface area (Å²) in [5.74, 6) is -0.390. The van der Waals surface area contributed by atoms with Gasteiger partial charge in [-0.15, -0.1) is 0 Å². The Morgan fingerprint density at radius 1 is 1.14 bits per heavy atom. The lowest BCUT2D eigenvalue weighted by atomic mass is 9.95. The van der Waals surface area contributed by atoms with E-state index in [1.165, 1.54) is 19.3 Å². The van der Waals surface area contributed by atoms with Crippen molar-refractivity contribution in [3.8, 4) is 0 Å². The Hall–Kier alpha value is -0.530. The number of carboxylic acids is 1. The molecule has 0 saturated carbocycles. The third-order valence-corrected chi connectivity index (χ3v) is 2.65. The van der Waals surface area contributed by atoms with E-state index < -0.39 is 0 Å². The van der Waals surface area contributed by atoms with Gasteiger partial charge in [0.15, 0.2) is 0 Å². The molecule has 0 aromatic heterocycles. The van der Waals surface area contributed by atoms with Gasteiger partial charge in [-0.1, -0.05) is 52.4 Å². The Morgan fingerprint density at radius 2 is 1.79 bits per heavy atom. The Kier molecular flexibility index (Phi) is 7.46. The van der Waals surface area contributed by atoms with Crippen LogP contribution >= 0.6 is 0 Å². The van der Waals surface area contributed by atoms with Crippen molar-refractivity contribution in [1.82, 2.24) is 0 Å². The third kappa shape index (κ3) is 6.93. The number of carbonyl (C=O) groups is 1. The van der Waals surface area contributed by atoms with Crippen LogP contribution in [0.2, 0.25) is 0 Å². The van der Waals surface area contributed by atoms with Crippen molar-refractivity contribution in [3.63, 3.8) is 0 Å². The quantitative estimate of drug-likeness (QED) is 0.575. The van der Waals surface area contributed by atoms with Crippen LogP contribution in [0.15, 0.2) is 0 Å². The van der Waals surface area contributed by atoms with Crippen LogP contribution in [0.25, 0.3) is 1.43 Å². The molecule has 84 valence electrons. The van der Waals surface area contributed by atoms with E-state index in [-0.39, 0.29) is 11.9 Å². The molecule has 0 radical (unpaired) electrons. The molecule has 0 aromatic carbocycles. The summed E-state index contributed by atoms with van der Waals surface area (Å²) in [6.07, 6.45) is 8.61. The second-order valence-corrected chi connectivity index (χ2v) is 4.01. The predicted octanol–water partition coefficient (Wildman–Crippen LogP) is 3.85. The largest absolute Gasteiger partial charge is 0.481 e. The molecule has 2 nitrogen and oxygen atoms in total. The van der Waals surface area contributed by atoms with Crippen LogP contribution in [0.3, 0.4) is 0 Å². The highest BCUT2D eigenvalue weighted by atomic mass is 16.4. The summed E-state index contributed by atoms with van der Waals surface area (Å²) >= 11 is 0. The summed E-state index contributed by atoms with van der Waals surface area (Å²) in [6.45, 7) is 4.28. The van der Waals surface area contributed by atoms with Crippen molar-refractivity contribution in [2.45, 2.75) is 65.2 Å². The van der Waals surface area contributed by atoms with Gasteiger partial charge in [-0.05, 0) is 12.8 Å². The van der Waals surface area contributed by atoms with Crippen molar-refractivity contribution < 1.29 is 9.90 Å². The zero-order valence-electron chi connectivity index (χ0n) is 10.6. The lowest BCUT2D eigenvalue weighted by molar-refractivity contribution is -0.142. The first-order valence-electron chi connectivity index (χ1n) is 6.34. The summed E-state index contributed by atoms with van der Waals surface area (Å²) < 4.78 is 6.64. The fourth-order valence-corrected chi connectivity index (χ4v) is 1.65. The summed E-state index contributed by atoms with van der Waals surface area (Å²) in [7, 11) is 0. The number of hydrogen-bond donors (Lipinski definition) is 1. The van der Waals surface area contributed by atoms with Crippen molar-refractivity contribution in [2.24, 2.45) is 5.92 Å². The van der Waals surface area contributed by atoms with Gasteiger partial charge in [-0.2, -0.15) is 0 Å². The molecule has 2 heteroatoms. The van der Waals surface area contributed by atoms with Crippen molar-refractivity contribution in [3.05, 3.63) is 0 Å². The molecule has 0 rings (SSSR count). The normalized spacial score (nSPS) is 13.4. The minimum Gasteiger partial charge on any atom is -0.481 e. The third-order valence-electron chi connectivity index (χ3n) is 2.65. The van der Waals surface area contributed by atoms with Gasteiger partial charge in [0.2, 0.25) is 0 Å². The smallest absolute Gasteiger partial charge is 0.306 e. The molecule has 1 unspecified atom stereocenters. The van der Waals surface area contributed by atoms with E-state index in [0.717, 1.165) is 32.1 Å². The van der Waals surface area contributed by atoms with Crippen molar-refractivity contribution in [1.29, 1.82) is 1.43 Å². The zero-order valence-corrected chi connectivity index (χ0v) is 9.55. The number of aliphatic carboxylic acids is 1. The Morgan fingerprint density at radius 3 is 2.36 bits per heavy atom. The van der Waals surface area contributed by atoms with Gasteiger partial charge < -0.3 is 5.11 Å². The second kappa shape index (κ2) is 9.04. The minimum absolute atomic E-state index is 0.0423. The van der Waals surface area contributed by atoms with Crippen LogP contribution in [-0.2, 0) is 4.79 Å². The Balaban J connectivity index is 3.74. The minimum atomic E-state index is -0.347. The van der Waals surface area contributed by atoms with Gasteiger partial charge in [-0.3, -0.25) is 4.79 Å². The first-order valence-corrected chi connectivity index (χ1v) is 5.93. The Bertz CT molecular complexity index is 160. The van der Waals surface area contributed by atoms with Crippen LogP contribution in [0.1, 0.15) is 65.2 Å². The summed E-state index contributed by atoms with van der Waals surface area (Å²) in [5.41, 5.74) is 0.